The van der Waals surface area contributed by atoms with E-state index in [1.165, 1.54) is 0 Å². The van der Waals surface area contributed by atoms with E-state index in [1.807, 2.05) is 72.5 Å². The SMILES string of the molecule is Cc1cccnc1CN1C(=O)C2(COc3cc4c(cc32)OCCO4)c2c(NCc3ccccc3)cccc21. The number of nitrogens with one attached hydrogen (secondary N) is 1. The number of aryl methyl sites for hydroxylation is 1. The van der Waals surface area contributed by atoms with Crippen LogP contribution in [0, 0.1) is 6.92 Å². The Labute approximate surface area is 221 Å². The smallest absolute Gasteiger partial charge is 0.246 e. The van der Waals surface area contributed by atoms with Crippen molar-refractivity contribution in [2.45, 2.75) is 25.4 Å². The number of fused-ring (bicyclic) bond motifs is 5. The Morgan fingerprint density at radius 1 is 0.921 bits per heavy atom. The molecule has 190 valence electrons. The third-order valence-electron chi connectivity index (χ3n) is 7.67. The molecule has 0 radical (unpaired) electrons. The van der Waals surface area contributed by atoms with E-state index >= 15 is 0 Å². The molecule has 0 saturated carbocycles. The van der Waals surface area contributed by atoms with E-state index in [0.717, 1.165) is 39.3 Å². The second-order valence-corrected chi connectivity index (χ2v) is 9.88. The van der Waals surface area contributed by atoms with E-state index in [9.17, 15) is 4.79 Å². The van der Waals surface area contributed by atoms with Crippen molar-refractivity contribution in [3.63, 3.8) is 0 Å². The number of carbonyl (C=O) groups is 1. The predicted octanol–water partition coefficient (Wildman–Crippen LogP) is 5.00. The maximum atomic E-state index is 14.6. The molecule has 38 heavy (non-hydrogen) atoms. The summed E-state index contributed by atoms with van der Waals surface area (Å²) in [5.74, 6) is 1.92. The lowest BCUT2D eigenvalue weighted by atomic mass is 9.76. The monoisotopic (exact) mass is 505 g/mol. The summed E-state index contributed by atoms with van der Waals surface area (Å²) in [6.07, 6.45) is 1.77. The fourth-order valence-corrected chi connectivity index (χ4v) is 5.76. The van der Waals surface area contributed by atoms with Crippen LogP contribution in [0.5, 0.6) is 17.2 Å². The quantitative estimate of drug-likeness (QED) is 0.412. The second-order valence-electron chi connectivity index (χ2n) is 9.88. The number of carbonyl (C=O) groups excluding carboxylic acids is 1. The maximum absolute atomic E-state index is 14.6. The summed E-state index contributed by atoms with van der Waals surface area (Å²) < 4.78 is 18.0. The molecule has 7 rings (SSSR count). The summed E-state index contributed by atoms with van der Waals surface area (Å²) in [5.41, 5.74) is 5.57. The molecule has 3 aromatic carbocycles. The summed E-state index contributed by atoms with van der Waals surface area (Å²) >= 11 is 0. The third kappa shape index (κ3) is 3.42. The molecule has 1 amide bonds. The second kappa shape index (κ2) is 8.80. The molecule has 4 aromatic rings. The molecule has 4 heterocycles. The van der Waals surface area contributed by atoms with E-state index in [-0.39, 0.29) is 12.5 Å². The summed E-state index contributed by atoms with van der Waals surface area (Å²) in [6, 6.07) is 24.0. The van der Waals surface area contributed by atoms with Gasteiger partial charge in [0.2, 0.25) is 5.91 Å². The molecule has 3 aliphatic heterocycles. The van der Waals surface area contributed by atoms with E-state index in [1.54, 1.807) is 6.20 Å². The highest BCUT2D eigenvalue weighted by atomic mass is 16.6. The molecule has 0 fully saturated rings. The fourth-order valence-electron chi connectivity index (χ4n) is 5.76. The van der Waals surface area contributed by atoms with Crippen molar-refractivity contribution in [1.82, 2.24) is 4.98 Å². The Kier molecular flexibility index (Phi) is 5.25. The molecular weight excluding hydrogens is 478 g/mol. The molecule has 1 spiro atoms. The first kappa shape index (κ1) is 22.7. The fraction of sp³-hybridized carbons (Fsp3) is 0.226. The third-order valence-corrected chi connectivity index (χ3v) is 7.67. The van der Waals surface area contributed by atoms with Crippen LogP contribution < -0.4 is 24.4 Å². The van der Waals surface area contributed by atoms with Crippen molar-refractivity contribution in [1.29, 1.82) is 0 Å². The Morgan fingerprint density at radius 2 is 1.74 bits per heavy atom. The Balaban J connectivity index is 1.38. The molecule has 3 aliphatic rings. The molecule has 0 bridgehead atoms. The summed E-state index contributed by atoms with van der Waals surface area (Å²) in [7, 11) is 0. The minimum absolute atomic E-state index is 0.0260. The molecular formula is C31H27N3O4. The first-order chi connectivity index (χ1) is 18.6. The Bertz CT molecular complexity index is 1550. The lowest BCUT2D eigenvalue weighted by Gasteiger charge is -2.26. The van der Waals surface area contributed by atoms with Crippen LogP contribution in [0.2, 0.25) is 0 Å². The van der Waals surface area contributed by atoms with Crippen LogP contribution >= 0.6 is 0 Å². The number of benzene rings is 3. The molecule has 7 heteroatoms. The van der Waals surface area contributed by atoms with Crippen LogP contribution in [0.15, 0.2) is 79.0 Å². The molecule has 0 saturated heterocycles. The van der Waals surface area contributed by atoms with Gasteiger partial charge in [-0.25, -0.2) is 0 Å². The minimum atomic E-state index is -1.01. The molecule has 1 N–H and O–H groups in total. The van der Waals surface area contributed by atoms with Crippen LogP contribution in [-0.2, 0) is 23.3 Å². The number of hydrogen-bond donors (Lipinski definition) is 1. The number of ether oxygens (including phenoxy) is 3. The van der Waals surface area contributed by atoms with Crippen molar-refractivity contribution >= 4 is 17.3 Å². The molecule has 0 aliphatic carbocycles. The summed E-state index contributed by atoms with van der Waals surface area (Å²) in [5, 5.41) is 3.62. The van der Waals surface area contributed by atoms with E-state index in [4.69, 9.17) is 14.2 Å². The summed E-state index contributed by atoms with van der Waals surface area (Å²) in [6.45, 7) is 4.20. The molecule has 1 atom stereocenters. The normalized spacial score (nSPS) is 18.8. The number of aromatic nitrogens is 1. The van der Waals surface area contributed by atoms with Crippen molar-refractivity contribution < 1.29 is 19.0 Å². The van der Waals surface area contributed by atoms with Gasteiger partial charge in [0.15, 0.2) is 11.5 Å². The van der Waals surface area contributed by atoms with Crippen LogP contribution in [-0.4, -0.2) is 30.7 Å². The van der Waals surface area contributed by atoms with E-state index < -0.39 is 5.41 Å². The predicted molar refractivity (Wildman–Crippen MR) is 144 cm³/mol. The number of pyridine rings is 1. The van der Waals surface area contributed by atoms with Crippen molar-refractivity contribution in [2.24, 2.45) is 0 Å². The van der Waals surface area contributed by atoms with E-state index in [0.29, 0.717) is 43.6 Å². The average Bonchev–Trinajstić information content (AvgIpc) is 3.44. The zero-order valence-electron chi connectivity index (χ0n) is 21.1. The number of hydrogen-bond acceptors (Lipinski definition) is 6. The van der Waals surface area contributed by atoms with Gasteiger partial charge in [-0.3, -0.25) is 9.78 Å². The minimum Gasteiger partial charge on any atom is -0.491 e. The topological polar surface area (TPSA) is 72.9 Å². The number of nitrogens with zero attached hydrogens (tertiary/aromatic N) is 2. The highest BCUT2D eigenvalue weighted by molar-refractivity contribution is 6.13. The molecule has 1 aromatic heterocycles. The zero-order chi connectivity index (χ0) is 25.7. The van der Waals surface area contributed by atoms with Crippen molar-refractivity contribution in [3.8, 4) is 17.2 Å². The van der Waals surface area contributed by atoms with Gasteiger partial charge in [0.1, 0.15) is 31.0 Å². The number of rotatable bonds is 5. The Hall–Kier alpha value is -4.52. The van der Waals surface area contributed by atoms with Gasteiger partial charge in [-0.2, -0.15) is 0 Å². The maximum Gasteiger partial charge on any atom is 0.246 e. The van der Waals surface area contributed by atoms with Gasteiger partial charge >= 0.3 is 0 Å². The lowest BCUT2D eigenvalue weighted by molar-refractivity contribution is -0.122. The average molecular weight is 506 g/mol. The molecule has 7 nitrogen and oxygen atoms in total. The summed E-state index contributed by atoms with van der Waals surface area (Å²) in [4.78, 5) is 21.0. The highest BCUT2D eigenvalue weighted by Crippen LogP contribution is 2.57. The van der Waals surface area contributed by atoms with Gasteiger partial charge < -0.3 is 24.4 Å². The largest absolute Gasteiger partial charge is 0.491 e. The molecule has 1 unspecified atom stereocenters. The first-order valence-corrected chi connectivity index (χ1v) is 12.9. The standard InChI is InChI=1S/C31H27N3O4/c1-20-7-6-12-32-24(20)18-34-25-11-5-10-23(33-17-21-8-3-2-4-9-21)29(25)31(30(34)35)19-38-26-16-28-27(15-22(26)31)36-13-14-37-28/h2-12,15-16,33H,13-14,17-19H2,1H3. The number of anilines is 2. The van der Waals surface area contributed by atoms with Gasteiger partial charge in [-0.05, 0) is 42.3 Å². The van der Waals surface area contributed by atoms with Crippen LogP contribution in [0.1, 0.15) is 27.9 Å². The van der Waals surface area contributed by atoms with Gasteiger partial charge in [0.05, 0.1) is 17.9 Å². The van der Waals surface area contributed by atoms with Crippen LogP contribution in [0.4, 0.5) is 11.4 Å². The van der Waals surface area contributed by atoms with Gasteiger partial charge in [-0.1, -0.05) is 42.5 Å². The van der Waals surface area contributed by atoms with Crippen molar-refractivity contribution in [2.75, 3.05) is 30.0 Å². The zero-order valence-corrected chi connectivity index (χ0v) is 21.1. The van der Waals surface area contributed by atoms with Gasteiger partial charge in [-0.15, -0.1) is 0 Å². The van der Waals surface area contributed by atoms with Crippen LogP contribution in [0.25, 0.3) is 0 Å². The van der Waals surface area contributed by atoms with E-state index in [2.05, 4.69) is 22.4 Å². The van der Waals surface area contributed by atoms with Gasteiger partial charge in [0, 0.05) is 35.6 Å². The Morgan fingerprint density at radius 3 is 2.55 bits per heavy atom. The lowest BCUT2D eigenvalue weighted by Crippen LogP contribution is -2.42. The number of amides is 1. The van der Waals surface area contributed by atoms with Crippen molar-refractivity contribution in [3.05, 3.63) is 107 Å². The van der Waals surface area contributed by atoms with Crippen LogP contribution in [0.3, 0.4) is 0 Å². The first-order valence-electron chi connectivity index (χ1n) is 12.9. The van der Waals surface area contributed by atoms with Gasteiger partial charge in [0.25, 0.3) is 0 Å². The highest BCUT2D eigenvalue weighted by Gasteiger charge is 2.58.